The average molecular weight is 354 g/mol. The maximum atomic E-state index is 6.16. The standard InChI is InChI=1S/C23H31NO2/c1-24-15-12-19(13-16-24)14-17-26-23-9-4-3-7-21(23)11-10-20-6-5-8-22(18-20)25-2/h3-9,18-19H,10-17H2,1-2H3. The first-order chi connectivity index (χ1) is 12.7. The van der Waals surface area contributed by atoms with E-state index in [-0.39, 0.29) is 0 Å². The van der Waals surface area contributed by atoms with Crippen molar-refractivity contribution in [3.05, 3.63) is 59.7 Å². The molecule has 1 heterocycles. The van der Waals surface area contributed by atoms with Gasteiger partial charge in [-0.2, -0.15) is 0 Å². The van der Waals surface area contributed by atoms with Crippen LogP contribution in [0.2, 0.25) is 0 Å². The number of hydrogen-bond acceptors (Lipinski definition) is 3. The van der Waals surface area contributed by atoms with Gasteiger partial charge in [-0.05, 0) is 87.5 Å². The highest BCUT2D eigenvalue weighted by atomic mass is 16.5. The average Bonchev–Trinajstić information content (AvgIpc) is 2.69. The fourth-order valence-electron chi connectivity index (χ4n) is 3.64. The summed E-state index contributed by atoms with van der Waals surface area (Å²) < 4.78 is 11.5. The third-order valence-electron chi connectivity index (χ3n) is 5.41. The van der Waals surface area contributed by atoms with Crippen LogP contribution in [0.3, 0.4) is 0 Å². The lowest BCUT2D eigenvalue weighted by Gasteiger charge is -2.28. The molecule has 1 saturated heterocycles. The molecule has 140 valence electrons. The van der Waals surface area contributed by atoms with Crippen LogP contribution in [0, 0.1) is 5.92 Å². The van der Waals surface area contributed by atoms with Crippen molar-refractivity contribution in [3.8, 4) is 11.5 Å². The molecule has 2 aromatic carbocycles. The Kier molecular flexibility index (Phi) is 6.96. The molecule has 0 spiro atoms. The molecule has 0 aliphatic carbocycles. The fourth-order valence-corrected chi connectivity index (χ4v) is 3.64. The molecule has 0 atom stereocenters. The van der Waals surface area contributed by atoms with Gasteiger partial charge in [0.15, 0.2) is 0 Å². The summed E-state index contributed by atoms with van der Waals surface area (Å²) in [6, 6.07) is 16.8. The second-order valence-corrected chi connectivity index (χ2v) is 7.34. The zero-order valence-corrected chi connectivity index (χ0v) is 16.1. The predicted molar refractivity (Wildman–Crippen MR) is 107 cm³/mol. The molecule has 0 aromatic heterocycles. The maximum absolute atomic E-state index is 6.16. The maximum Gasteiger partial charge on any atom is 0.122 e. The molecule has 0 saturated carbocycles. The molecule has 1 fully saturated rings. The van der Waals surface area contributed by atoms with E-state index < -0.39 is 0 Å². The highest BCUT2D eigenvalue weighted by Crippen LogP contribution is 2.24. The van der Waals surface area contributed by atoms with E-state index in [4.69, 9.17) is 9.47 Å². The lowest BCUT2D eigenvalue weighted by molar-refractivity contribution is 0.187. The first kappa shape index (κ1) is 18.8. The molecule has 0 N–H and O–H groups in total. The topological polar surface area (TPSA) is 21.7 Å². The van der Waals surface area contributed by atoms with Crippen molar-refractivity contribution in [1.82, 2.24) is 4.90 Å². The van der Waals surface area contributed by atoms with E-state index in [0.29, 0.717) is 0 Å². The van der Waals surface area contributed by atoms with Crippen molar-refractivity contribution in [2.24, 2.45) is 5.92 Å². The van der Waals surface area contributed by atoms with E-state index in [2.05, 4.69) is 54.4 Å². The van der Waals surface area contributed by atoms with Crippen LogP contribution < -0.4 is 9.47 Å². The van der Waals surface area contributed by atoms with Crippen LogP contribution >= 0.6 is 0 Å². The van der Waals surface area contributed by atoms with Gasteiger partial charge in [0.05, 0.1) is 13.7 Å². The van der Waals surface area contributed by atoms with Gasteiger partial charge in [-0.3, -0.25) is 0 Å². The summed E-state index contributed by atoms with van der Waals surface area (Å²) in [6.45, 7) is 3.27. The molecule has 3 nitrogen and oxygen atoms in total. The number of ether oxygens (including phenoxy) is 2. The van der Waals surface area contributed by atoms with Gasteiger partial charge in [0.1, 0.15) is 11.5 Å². The van der Waals surface area contributed by atoms with E-state index in [1.54, 1.807) is 7.11 Å². The Labute approximate surface area is 157 Å². The van der Waals surface area contributed by atoms with Crippen molar-refractivity contribution >= 4 is 0 Å². The third-order valence-corrected chi connectivity index (χ3v) is 5.41. The smallest absolute Gasteiger partial charge is 0.122 e. The molecule has 3 heteroatoms. The fraction of sp³-hybridized carbons (Fsp3) is 0.478. The van der Waals surface area contributed by atoms with Gasteiger partial charge in [-0.15, -0.1) is 0 Å². The molecule has 1 aliphatic heterocycles. The minimum atomic E-state index is 0.815. The Morgan fingerprint density at radius 2 is 1.81 bits per heavy atom. The molecular formula is C23H31NO2. The molecule has 2 aromatic rings. The Morgan fingerprint density at radius 1 is 1.00 bits per heavy atom. The van der Waals surface area contributed by atoms with Crippen LogP contribution in [-0.4, -0.2) is 38.8 Å². The van der Waals surface area contributed by atoms with Crippen LogP contribution in [0.5, 0.6) is 11.5 Å². The molecule has 0 bridgehead atoms. The number of nitrogens with zero attached hydrogens (tertiary/aromatic N) is 1. The predicted octanol–water partition coefficient (Wildman–Crippen LogP) is 4.59. The van der Waals surface area contributed by atoms with Gasteiger partial charge in [0, 0.05) is 0 Å². The van der Waals surface area contributed by atoms with Gasteiger partial charge in [0.2, 0.25) is 0 Å². The van der Waals surface area contributed by atoms with Gasteiger partial charge >= 0.3 is 0 Å². The molecule has 26 heavy (non-hydrogen) atoms. The van der Waals surface area contributed by atoms with Crippen molar-refractivity contribution in [2.45, 2.75) is 32.1 Å². The molecule has 1 aliphatic rings. The number of aryl methyl sites for hydroxylation is 2. The Hall–Kier alpha value is -2.00. The van der Waals surface area contributed by atoms with Gasteiger partial charge in [-0.25, -0.2) is 0 Å². The Balaban J connectivity index is 1.51. The second-order valence-electron chi connectivity index (χ2n) is 7.34. The summed E-state index contributed by atoms with van der Waals surface area (Å²) >= 11 is 0. The summed E-state index contributed by atoms with van der Waals surface area (Å²) in [5.74, 6) is 2.78. The Bertz CT molecular complexity index is 677. The lowest BCUT2D eigenvalue weighted by Crippen LogP contribution is -2.30. The van der Waals surface area contributed by atoms with Gasteiger partial charge in [0.25, 0.3) is 0 Å². The van der Waals surface area contributed by atoms with Crippen molar-refractivity contribution in [3.63, 3.8) is 0 Å². The quantitative estimate of drug-likeness (QED) is 0.693. The first-order valence-electron chi connectivity index (χ1n) is 9.77. The van der Waals surface area contributed by atoms with E-state index in [1.165, 1.54) is 37.1 Å². The van der Waals surface area contributed by atoms with Crippen LogP contribution in [0.1, 0.15) is 30.4 Å². The first-order valence-corrected chi connectivity index (χ1v) is 9.77. The monoisotopic (exact) mass is 353 g/mol. The van der Waals surface area contributed by atoms with E-state index in [9.17, 15) is 0 Å². The number of methoxy groups -OCH3 is 1. The largest absolute Gasteiger partial charge is 0.497 e. The number of benzene rings is 2. The van der Waals surface area contributed by atoms with E-state index in [0.717, 1.165) is 43.3 Å². The highest BCUT2D eigenvalue weighted by molar-refractivity contribution is 5.35. The summed E-state index contributed by atoms with van der Waals surface area (Å²) in [7, 11) is 3.93. The number of likely N-dealkylation sites (tertiary alicyclic amines) is 1. The summed E-state index contributed by atoms with van der Waals surface area (Å²) in [5.41, 5.74) is 2.59. The zero-order chi connectivity index (χ0) is 18.2. The van der Waals surface area contributed by atoms with E-state index >= 15 is 0 Å². The number of hydrogen-bond donors (Lipinski definition) is 0. The summed E-state index contributed by atoms with van der Waals surface area (Å²) in [6.07, 6.45) is 5.75. The second kappa shape index (κ2) is 9.63. The molecule has 3 rings (SSSR count). The summed E-state index contributed by atoms with van der Waals surface area (Å²) in [5, 5.41) is 0. The van der Waals surface area contributed by atoms with Crippen LogP contribution in [0.15, 0.2) is 48.5 Å². The third kappa shape index (κ3) is 5.50. The number of para-hydroxylation sites is 1. The van der Waals surface area contributed by atoms with Crippen molar-refractivity contribution < 1.29 is 9.47 Å². The molecular weight excluding hydrogens is 322 g/mol. The van der Waals surface area contributed by atoms with Crippen LogP contribution in [0.4, 0.5) is 0 Å². The van der Waals surface area contributed by atoms with Crippen LogP contribution in [-0.2, 0) is 12.8 Å². The van der Waals surface area contributed by atoms with Crippen molar-refractivity contribution in [2.75, 3.05) is 33.9 Å². The number of piperidine rings is 1. The number of rotatable bonds is 8. The van der Waals surface area contributed by atoms with Crippen LogP contribution in [0.25, 0.3) is 0 Å². The normalized spacial score (nSPS) is 15.8. The Morgan fingerprint density at radius 3 is 2.62 bits per heavy atom. The minimum absolute atomic E-state index is 0.815. The lowest BCUT2D eigenvalue weighted by atomic mass is 9.94. The molecule has 0 radical (unpaired) electrons. The molecule has 0 amide bonds. The summed E-state index contributed by atoms with van der Waals surface area (Å²) in [4.78, 5) is 2.42. The minimum Gasteiger partial charge on any atom is -0.497 e. The SMILES string of the molecule is COc1cccc(CCc2ccccc2OCCC2CCN(C)CC2)c1. The molecule has 0 unspecified atom stereocenters. The van der Waals surface area contributed by atoms with Gasteiger partial charge in [-0.1, -0.05) is 30.3 Å². The van der Waals surface area contributed by atoms with E-state index in [1.807, 2.05) is 6.07 Å². The highest BCUT2D eigenvalue weighted by Gasteiger charge is 2.16. The van der Waals surface area contributed by atoms with Crippen molar-refractivity contribution in [1.29, 1.82) is 0 Å². The van der Waals surface area contributed by atoms with Gasteiger partial charge < -0.3 is 14.4 Å². The zero-order valence-electron chi connectivity index (χ0n) is 16.1.